The SMILES string of the molecule is CCCCc1ccc(C(=O)CSc2nnc(NCC)s2)cc1. The van der Waals surface area contributed by atoms with Crippen molar-refractivity contribution in [3.05, 3.63) is 35.4 Å². The number of hydrogen-bond donors (Lipinski definition) is 1. The number of aryl methyl sites for hydroxylation is 1. The minimum absolute atomic E-state index is 0.132. The highest BCUT2D eigenvalue weighted by Crippen LogP contribution is 2.26. The molecule has 0 aliphatic carbocycles. The molecule has 4 nitrogen and oxygen atoms in total. The monoisotopic (exact) mass is 335 g/mol. The van der Waals surface area contributed by atoms with Gasteiger partial charge in [-0.2, -0.15) is 0 Å². The Bertz CT molecular complexity index is 596. The van der Waals surface area contributed by atoms with Crippen molar-refractivity contribution in [3.8, 4) is 0 Å². The summed E-state index contributed by atoms with van der Waals surface area (Å²) in [7, 11) is 0. The largest absolute Gasteiger partial charge is 0.360 e. The van der Waals surface area contributed by atoms with Gasteiger partial charge in [0.25, 0.3) is 0 Å². The molecule has 0 saturated heterocycles. The molecule has 0 amide bonds. The van der Waals surface area contributed by atoms with Gasteiger partial charge >= 0.3 is 0 Å². The van der Waals surface area contributed by atoms with Gasteiger partial charge in [0, 0.05) is 12.1 Å². The lowest BCUT2D eigenvalue weighted by Gasteiger charge is -2.02. The Morgan fingerprint density at radius 2 is 2.00 bits per heavy atom. The first kappa shape index (κ1) is 17.0. The van der Waals surface area contributed by atoms with Gasteiger partial charge in [-0.25, -0.2) is 0 Å². The Labute approximate surface area is 139 Å². The van der Waals surface area contributed by atoms with E-state index in [1.54, 1.807) is 0 Å². The molecule has 0 atom stereocenters. The number of Topliss-reactive ketones (excluding diaryl/α,β-unsaturated/α-hetero) is 1. The van der Waals surface area contributed by atoms with Crippen molar-refractivity contribution in [1.82, 2.24) is 10.2 Å². The fourth-order valence-corrected chi connectivity index (χ4v) is 3.65. The van der Waals surface area contributed by atoms with E-state index in [2.05, 4.69) is 34.6 Å². The number of unbranched alkanes of at least 4 members (excludes halogenated alkanes) is 1. The van der Waals surface area contributed by atoms with Crippen molar-refractivity contribution in [2.75, 3.05) is 17.6 Å². The summed E-state index contributed by atoms with van der Waals surface area (Å²) in [4.78, 5) is 12.2. The van der Waals surface area contributed by atoms with E-state index in [1.165, 1.54) is 41.5 Å². The first-order valence-electron chi connectivity index (χ1n) is 7.55. The van der Waals surface area contributed by atoms with E-state index in [9.17, 15) is 4.79 Å². The van der Waals surface area contributed by atoms with Gasteiger partial charge in [-0.05, 0) is 25.3 Å². The lowest BCUT2D eigenvalue weighted by molar-refractivity contribution is 0.102. The number of carbonyl (C=O) groups excluding carboxylic acids is 1. The molecule has 1 aromatic heterocycles. The van der Waals surface area contributed by atoms with Crippen LogP contribution in [0.5, 0.6) is 0 Å². The number of nitrogens with zero attached hydrogens (tertiary/aromatic N) is 2. The number of benzene rings is 1. The number of nitrogens with one attached hydrogen (secondary N) is 1. The minimum Gasteiger partial charge on any atom is -0.360 e. The second-order valence-electron chi connectivity index (χ2n) is 4.92. The van der Waals surface area contributed by atoms with Crippen LogP contribution in [0.25, 0.3) is 0 Å². The van der Waals surface area contributed by atoms with Gasteiger partial charge in [0.2, 0.25) is 5.13 Å². The number of hydrogen-bond acceptors (Lipinski definition) is 6. The molecule has 0 bridgehead atoms. The highest BCUT2D eigenvalue weighted by Gasteiger charge is 2.10. The molecule has 118 valence electrons. The van der Waals surface area contributed by atoms with Crippen LogP contribution in [0.1, 0.15) is 42.6 Å². The molecule has 0 unspecified atom stereocenters. The fraction of sp³-hybridized carbons (Fsp3) is 0.438. The predicted octanol–water partition coefficient (Wildman–Crippen LogP) is 4.29. The molecule has 0 spiro atoms. The van der Waals surface area contributed by atoms with Crippen LogP contribution >= 0.6 is 23.1 Å². The van der Waals surface area contributed by atoms with Gasteiger partial charge in [0.1, 0.15) is 0 Å². The third-order valence-corrected chi connectivity index (χ3v) is 5.17. The fourth-order valence-electron chi connectivity index (χ4n) is 1.94. The zero-order chi connectivity index (χ0) is 15.8. The molecule has 22 heavy (non-hydrogen) atoms. The average Bonchev–Trinajstić information content (AvgIpc) is 2.99. The molecule has 0 aliphatic rings. The van der Waals surface area contributed by atoms with E-state index in [4.69, 9.17) is 0 Å². The maximum Gasteiger partial charge on any atom is 0.206 e. The molecule has 0 saturated carbocycles. The second kappa shape index (κ2) is 8.90. The van der Waals surface area contributed by atoms with Crippen molar-refractivity contribution in [2.45, 2.75) is 37.4 Å². The number of aromatic nitrogens is 2. The van der Waals surface area contributed by atoms with Gasteiger partial charge < -0.3 is 5.32 Å². The Morgan fingerprint density at radius 3 is 2.68 bits per heavy atom. The van der Waals surface area contributed by atoms with Crippen molar-refractivity contribution in [3.63, 3.8) is 0 Å². The van der Waals surface area contributed by atoms with Crippen LogP contribution < -0.4 is 5.32 Å². The van der Waals surface area contributed by atoms with Crippen molar-refractivity contribution >= 4 is 34.0 Å². The van der Waals surface area contributed by atoms with Gasteiger partial charge in [-0.15, -0.1) is 10.2 Å². The lowest BCUT2D eigenvalue weighted by Crippen LogP contribution is -2.02. The number of thioether (sulfide) groups is 1. The predicted molar refractivity (Wildman–Crippen MR) is 94.2 cm³/mol. The van der Waals surface area contributed by atoms with Gasteiger partial charge in [-0.1, -0.05) is 60.7 Å². The van der Waals surface area contributed by atoms with Crippen molar-refractivity contribution < 1.29 is 4.79 Å². The van der Waals surface area contributed by atoms with Crippen LogP contribution in [-0.4, -0.2) is 28.3 Å². The van der Waals surface area contributed by atoms with Crippen LogP contribution in [0.3, 0.4) is 0 Å². The maximum atomic E-state index is 12.2. The molecule has 0 fully saturated rings. The lowest BCUT2D eigenvalue weighted by atomic mass is 10.1. The summed E-state index contributed by atoms with van der Waals surface area (Å²) >= 11 is 2.93. The highest BCUT2D eigenvalue weighted by molar-refractivity contribution is 8.01. The zero-order valence-corrected chi connectivity index (χ0v) is 14.6. The van der Waals surface area contributed by atoms with E-state index in [1.807, 2.05) is 19.1 Å². The van der Waals surface area contributed by atoms with Crippen LogP contribution in [0.4, 0.5) is 5.13 Å². The summed E-state index contributed by atoms with van der Waals surface area (Å²) in [5.74, 6) is 0.530. The summed E-state index contributed by atoms with van der Waals surface area (Å²) in [6.07, 6.45) is 3.46. The Hall–Kier alpha value is -1.40. The third-order valence-electron chi connectivity index (χ3n) is 3.16. The molecule has 2 rings (SSSR count). The first-order chi connectivity index (χ1) is 10.7. The molecule has 6 heteroatoms. The smallest absolute Gasteiger partial charge is 0.206 e. The average molecular weight is 335 g/mol. The molecule has 1 N–H and O–H groups in total. The highest BCUT2D eigenvalue weighted by atomic mass is 32.2. The third kappa shape index (κ3) is 5.10. The molecular formula is C16H21N3OS2. The van der Waals surface area contributed by atoms with Crippen LogP contribution in [-0.2, 0) is 6.42 Å². The van der Waals surface area contributed by atoms with Crippen LogP contribution in [0.15, 0.2) is 28.6 Å². The van der Waals surface area contributed by atoms with Crippen molar-refractivity contribution in [1.29, 1.82) is 0 Å². The van der Waals surface area contributed by atoms with Gasteiger partial charge in [0.05, 0.1) is 5.75 Å². The topological polar surface area (TPSA) is 54.9 Å². The second-order valence-corrected chi connectivity index (χ2v) is 7.12. The molecule has 0 radical (unpaired) electrons. The van der Waals surface area contributed by atoms with Crippen LogP contribution in [0.2, 0.25) is 0 Å². The summed E-state index contributed by atoms with van der Waals surface area (Å²) in [5.41, 5.74) is 2.06. The summed E-state index contributed by atoms with van der Waals surface area (Å²) in [6.45, 7) is 5.02. The Balaban J connectivity index is 1.85. The Morgan fingerprint density at radius 1 is 1.23 bits per heavy atom. The molecule has 0 aliphatic heterocycles. The standard InChI is InChI=1S/C16H21N3OS2/c1-3-5-6-12-7-9-13(10-8-12)14(20)11-21-16-19-18-15(22-16)17-4-2/h7-10H,3-6,11H2,1-2H3,(H,17,18). The van der Waals surface area contributed by atoms with Gasteiger partial charge in [0.15, 0.2) is 10.1 Å². The van der Waals surface area contributed by atoms with Crippen molar-refractivity contribution in [2.24, 2.45) is 0 Å². The number of ketones is 1. The Kier molecular flexibility index (Phi) is 6.86. The van der Waals surface area contributed by atoms with E-state index in [0.29, 0.717) is 5.75 Å². The zero-order valence-electron chi connectivity index (χ0n) is 13.0. The number of carbonyl (C=O) groups is 1. The van der Waals surface area contributed by atoms with E-state index in [0.717, 1.165) is 28.0 Å². The van der Waals surface area contributed by atoms with Crippen LogP contribution in [0, 0.1) is 0 Å². The van der Waals surface area contributed by atoms with E-state index < -0.39 is 0 Å². The normalized spacial score (nSPS) is 10.6. The van der Waals surface area contributed by atoms with E-state index in [-0.39, 0.29) is 5.78 Å². The summed E-state index contributed by atoms with van der Waals surface area (Å²) in [5, 5.41) is 12.0. The summed E-state index contributed by atoms with van der Waals surface area (Å²) in [6, 6.07) is 7.97. The summed E-state index contributed by atoms with van der Waals surface area (Å²) < 4.78 is 0.823. The molecule has 1 aromatic carbocycles. The number of anilines is 1. The van der Waals surface area contributed by atoms with E-state index >= 15 is 0 Å². The molecule has 1 heterocycles. The maximum absolute atomic E-state index is 12.2. The minimum atomic E-state index is 0.132. The molecular weight excluding hydrogens is 314 g/mol. The van der Waals surface area contributed by atoms with Gasteiger partial charge in [-0.3, -0.25) is 4.79 Å². The number of rotatable bonds is 9. The quantitative estimate of drug-likeness (QED) is 0.547. The molecule has 2 aromatic rings. The first-order valence-corrected chi connectivity index (χ1v) is 9.35.